The summed E-state index contributed by atoms with van der Waals surface area (Å²) in [6, 6.07) is 0. The van der Waals surface area contributed by atoms with Gasteiger partial charge in [-0.05, 0) is 12.8 Å². The Morgan fingerprint density at radius 1 is 0.571 bits per heavy atom. The van der Waals surface area contributed by atoms with Gasteiger partial charge < -0.3 is 14.6 Å². The Labute approximate surface area is 219 Å². The van der Waals surface area contributed by atoms with Crippen LogP contribution in [0.2, 0.25) is 0 Å². The highest BCUT2D eigenvalue weighted by molar-refractivity contribution is 5.69. The van der Waals surface area contributed by atoms with E-state index < -0.39 is 6.10 Å². The molecule has 0 rings (SSSR count). The molecule has 0 aromatic heterocycles. The number of rotatable bonds is 29. The minimum atomic E-state index is -0.520. The normalized spacial score (nSPS) is 12.2. The molecule has 4 nitrogen and oxygen atoms in total. The third-order valence-corrected chi connectivity index (χ3v) is 6.93. The monoisotopic (exact) mass is 498 g/mol. The number of unbranched alkanes of at least 4 members (excludes halogenated alkanes) is 21. The zero-order chi connectivity index (χ0) is 25.7. The highest BCUT2D eigenvalue weighted by Crippen LogP contribution is 2.14. The van der Waals surface area contributed by atoms with Crippen molar-refractivity contribution in [1.29, 1.82) is 0 Å². The summed E-state index contributed by atoms with van der Waals surface area (Å²) in [5.41, 5.74) is 0. The number of hydrogen-bond acceptors (Lipinski definition) is 4. The predicted octanol–water partition coefficient (Wildman–Crippen LogP) is 9.31. The van der Waals surface area contributed by atoms with Crippen molar-refractivity contribution in [2.24, 2.45) is 0 Å². The lowest BCUT2D eigenvalue weighted by Crippen LogP contribution is -2.27. The fourth-order valence-corrected chi connectivity index (χ4v) is 4.56. The molecule has 0 aliphatic rings. The Hall–Kier alpha value is -0.610. The summed E-state index contributed by atoms with van der Waals surface area (Å²) >= 11 is 0. The largest absolute Gasteiger partial charge is 0.457 e. The molecular formula is C31H62O4. The van der Waals surface area contributed by atoms with Crippen molar-refractivity contribution in [3.8, 4) is 0 Å². The van der Waals surface area contributed by atoms with Gasteiger partial charge in [0, 0.05) is 13.0 Å². The molecule has 0 aliphatic heterocycles. The van der Waals surface area contributed by atoms with Crippen LogP contribution in [0.5, 0.6) is 0 Å². The smallest absolute Gasteiger partial charge is 0.306 e. The van der Waals surface area contributed by atoms with Gasteiger partial charge in [0.15, 0.2) is 0 Å². The lowest BCUT2D eigenvalue weighted by molar-refractivity contribution is -0.154. The van der Waals surface area contributed by atoms with Crippen molar-refractivity contribution in [1.82, 2.24) is 0 Å². The molecule has 0 aromatic rings. The molecule has 0 radical (unpaired) electrons. The van der Waals surface area contributed by atoms with Crippen LogP contribution < -0.4 is 0 Å². The summed E-state index contributed by atoms with van der Waals surface area (Å²) in [5, 5.41) is 9.47. The lowest BCUT2D eigenvalue weighted by Gasteiger charge is -2.16. The number of hydrogen-bond donors (Lipinski definition) is 1. The zero-order valence-electron chi connectivity index (χ0n) is 23.8. The molecular weight excluding hydrogens is 436 g/mol. The first-order chi connectivity index (χ1) is 17.2. The van der Waals surface area contributed by atoms with E-state index in [0.717, 1.165) is 19.3 Å². The summed E-state index contributed by atoms with van der Waals surface area (Å²) in [7, 11) is 0. The molecule has 0 aliphatic carbocycles. The quantitative estimate of drug-likeness (QED) is 0.0824. The third-order valence-electron chi connectivity index (χ3n) is 6.93. The molecule has 0 bridgehead atoms. The van der Waals surface area contributed by atoms with E-state index in [1.54, 1.807) is 0 Å². The van der Waals surface area contributed by atoms with Crippen LogP contribution in [0.3, 0.4) is 0 Å². The van der Waals surface area contributed by atoms with Crippen LogP contribution in [0.1, 0.15) is 168 Å². The number of aliphatic hydroxyl groups is 1. The molecule has 1 atom stereocenters. The van der Waals surface area contributed by atoms with E-state index in [9.17, 15) is 9.90 Å². The van der Waals surface area contributed by atoms with Crippen molar-refractivity contribution < 1.29 is 19.4 Å². The molecule has 0 aromatic carbocycles. The fraction of sp³-hybridized carbons (Fsp3) is 0.968. The van der Waals surface area contributed by atoms with Crippen molar-refractivity contribution in [2.45, 2.75) is 174 Å². The maximum Gasteiger partial charge on any atom is 0.306 e. The summed E-state index contributed by atoms with van der Waals surface area (Å²) in [6.07, 6.45) is 29.9. The van der Waals surface area contributed by atoms with Gasteiger partial charge in [-0.15, -0.1) is 0 Å². The minimum Gasteiger partial charge on any atom is -0.457 e. The predicted molar refractivity (Wildman–Crippen MR) is 150 cm³/mol. The fourth-order valence-electron chi connectivity index (χ4n) is 4.56. The Bertz CT molecular complexity index is 413. The van der Waals surface area contributed by atoms with Crippen LogP contribution in [0.25, 0.3) is 0 Å². The van der Waals surface area contributed by atoms with Crippen LogP contribution in [-0.2, 0) is 14.3 Å². The van der Waals surface area contributed by atoms with Crippen LogP contribution in [0.15, 0.2) is 0 Å². The Morgan fingerprint density at radius 2 is 0.943 bits per heavy atom. The Balaban J connectivity index is 3.37. The number of esters is 1. The molecule has 4 heteroatoms. The molecule has 1 unspecified atom stereocenters. The number of carbonyl (C=O) groups is 1. The second kappa shape index (κ2) is 29.6. The molecule has 0 saturated carbocycles. The van der Waals surface area contributed by atoms with E-state index in [1.807, 2.05) is 0 Å². The van der Waals surface area contributed by atoms with Gasteiger partial charge in [0.05, 0.1) is 13.2 Å². The lowest BCUT2D eigenvalue weighted by atomic mass is 10.0. The summed E-state index contributed by atoms with van der Waals surface area (Å²) in [6.45, 7) is 5.34. The second-order valence-electron chi connectivity index (χ2n) is 10.5. The van der Waals surface area contributed by atoms with Gasteiger partial charge in [-0.1, -0.05) is 149 Å². The molecule has 0 heterocycles. The first-order valence-electron chi connectivity index (χ1n) is 15.6. The van der Waals surface area contributed by atoms with Gasteiger partial charge >= 0.3 is 5.97 Å². The van der Waals surface area contributed by atoms with E-state index in [4.69, 9.17) is 9.47 Å². The summed E-state index contributed by atoms with van der Waals surface area (Å²) < 4.78 is 11.0. The van der Waals surface area contributed by atoms with E-state index in [2.05, 4.69) is 13.8 Å². The topological polar surface area (TPSA) is 55.8 Å². The SMILES string of the molecule is CCCCCCCCCCCCCCCCCOCC(CO)OC(=O)CCCCCCCCCC. The number of aliphatic hydroxyl groups excluding tert-OH is 1. The molecule has 0 fully saturated rings. The highest BCUT2D eigenvalue weighted by Gasteiger charge is 2.13. The van der Waals surface area contributed by atoms with Crippen molar-refractivity contribution in [3.05, 3.63) is 0 Å². The van der Waals surface area contributed by atoms with Gasteiger partial charge in [-0.25, -0.2) is 0 Å². The maximum absolute atomic E-state index is 12.0. The standard InChI is InChI=1S/C31H62O4/c1-3-5-7-9-11-13-14-15-16-17-18-19-21-23-25-27-34-29-30(28-32)35-31(33)26-24-22-20-12-10-8-6-4-2/h30,32H,3-29H2,1-2H3. The Kier molecular flexibility index (Phi) is 29.1. The van der Waals surface area contributed by atoms with Crippen LogP contribution in [0, 0.1) is 0 Å². The first-order valence-corrected chi connectivity index (χ1v) is 15.6. The average Bonchev–Trinajstić information content (AvgIpc) is 2.86. The summed E-state index contributed by atoms with van der Waals surface area (Å²) in [5.74, 6) is -0.203. The Morgan fingerprint density at radius 3 is 1.34 bits per heavy atom. The van der Waals surface area contributed by atoms with Gasteiger partial charge in [0.2, 0.25) is 0 Å². The molecule has 0 spiro atoms. The molecule has 35 heavy (non-hydrogen) atoms. The van der Waals surface area contributed by atoms with Crippen LogP contribution >= 0.6 is 0 Å². The van der Waals surface area contributed by atoms with Crippen LogP contribution in [-0.4, -0.2) is 37.0 Å². The van der Waals surface area contributed by atoms with E-state index in [1.165, 1.54) is 128 Å². The molecule has 0 saturated heterocycles. The average molecular weight is 499 g/mol. The second-order valence-corrected chi connectivity index (χ2v) is 10.5. The molecule has 0 amide bonds. The third kappa shape index (κ3) is 27.8. The van der Waals surface area contributed by atoms with Gasteiger partial charge in [0.1, 0.15) is 6.10 Å². The first kappa shape index (κ1) is 34.4. The van der Waals surface area contributed by atoms with E-state index >= 15 is 0 Å². The van der Waals surface area contributed by atoms with E-state index in [-0.39, 0.29) is 12.6 Å². The number of ether oxygens (including phenoxy) is 2. The maximum atomic E-state index is 12.0. The zero-order valence-corrected chi connectivity index (χ0v) is 23.8. The number of carbonyl (C=O) groups excluding carboxylic acids is 1. The summed E-state index contributed by atoms with van der Waals surface area (Å²) in [4.78, 5) is 12.0. The molecule has 210 valence electrons. The van der Waals surface area contributed by atoms with Crippen molar-refractivity contribution in [2.75, 3.05) is 19.8 Å². The van der Waals surface area contributed by atoms with Gasteiger partial charge in [0.25, 0.3) is 0 Å². The highest BCUT2D eigenvalue weighted by atomic mass is 16.6. The minimum absolute atomic E-state index is 0.165. The van der Waals surface area contributed by atoms with Gasteiger partial charge in [-0.2, -0.15) is 0 Å². The molecule has 1 N–H and O–H groups in total. The van der Waals surface area contributed by atoms with Crippen molar-refractivity contribution in [3.63, 3.8) is 0 Å². The van der Waals surface area contributed by atoms with Crippen molar-refractivity contribution >= 4 is 5.97 Å². The van der Waals surface area contributed by atoms with E-state index in [0.29, 0.717) is 19.6 Å². The van der Waals surface area contributed by atoms with Gasteiger partial charge in [-0.3, -0.25) is 4.79 Å². The van der Waals surface area contributed by atoms with Crippen LogP contribution in [0.4, 0.5) is 0 Å².